The second-order valence-corrected chi connectivity index (χ2v) is 4.84. The van der Waals surface area contributed by atoms with Gasteiger partial charge in [0.05, 0.1) is 5.41 Å². The summed E-state index contributed by atoms with van der Waals surface area (Å²) >= 11 is 0. The SMILES string of the molecule is Cc1cc(C(=O)NCC2(C(=O)O)CC2)ccc1N. The molecule has 18 heavy (non-hydrogen) atoms. The lowest BCUT2D eigenvalue weighted by Gasteiger charge is -2.11. The number of carboxylic acid groups (broad SMARTS) is 1. The van der Waals surface area contributed by atoms with Gasteiger partial charge in [0.1, 0.15) is 0 Å². The van der Waals surface area contributed by atoms with Crippen molar-refractivity contribution >= 4 is 17.6 Å². The molecule has 1 amide bonds. The fraction of sp³-hybridized carbons (Fsp3) is 0.385. The van der Waals surface area contributed by atoms with E-state index in [0.29, 0.717) is 24.1 Å². The fourth-order valence-corrected chi connectivity index (χ4v) is 1.79. The molecule has 2 rings (SSSR count). The summed E-state index contributed by atoms with van der Waals surface area (Å²) in [7, 11) is 0. The zero-order chi connectivity index (χ0) is 13.3. The van der Waals surface area contributed by atoms with Crippen LogP contribution < -0.4 is 11.1 Å². The van der Waals surface area contributed by atoms with Gasteiger partial charge in [-0.25, -0.2) is 0 Å². The molecule has 5 heteroatoms. The van der Waals surface area contributed by atoms with Gasteiger partial charge < -0.3 is 16.2 Å². The first kappa shape index (κ1) is 12.4. The summed E-state index contributed by atoms with van der Waals surface area (Å²) in [5.74, 6) is -1.10. The van der Waals surface area contributed by atoms with Gasteiger partial charge in [-0.3, -0.25) is 9.59 Å². The molecule has 0 heterocycles. The van der Waals surface area contributed by atoms with Gasteiger partial charge in [-0.15, -0.1) is 0 Å². The molecule has 1 aromatic rings. The van der Waals surface area contributed by atoms with Crippen molar-refractivity contribution in [3.63, 3.8) is 0 Å². The molecule has 1 fully saturated rings. The minimum Gasteiger partial charge on any atom is -0.481 e. The molecule has 1 saturated carbocycles. The number of aliphatic carboxylic acids is 1. The highest BCUT2D eigenvalue weighted by Gasteiger charge is 2.50. The number of carbonyl (C=O) groups excluding carboxylic acids is 1. The van der Waals surface area contributed by atoms with Crippen molar-refractivity contribution in [1.29, 1.82) is 0 Å². The number of nitrogens with two attached hydrogens (primary N) is 1. The summed E-state index contributed by atoms with van der Waals surface area (Å²) in [4.78, 5) is 22.8. The molecule has 0 aliphatic heterocycles. The molecule has 0 saturated heterocycles. The number of hydrogen-bond donors (Lipinski definition) is 3. The van der Waals surface area contributed by atoms with Crippen molar-refractivity contribution in [3.05, 3.63) is 29.3 Å². The lowest BCUT2D eigenvalue weighted by molar-refractivity contribution is -0.143. The molecular formula is C13H16N2O3. The minimum atomic E-state index is -0.837. The fourth-order valence-electron chi connectivity index (χ4n) is 1.79. The Morgan fingerprint density at radius 3 is 2.61 bits per heavy atom. The highest BCUT2D eigenvalue weighted by atomic mass is 16.4. The molecule has 1 aromatic carbocycles. The van der Waals surface area contributed by atoms with E-state index in [1.54, 1.807) is 18.2 Å². The van der Waals surface area contributed by atoms with Crippen LogP contribution in [0, 0.1) is 12.3 Å². The molecule has 0 spiro atoms. The third-order valence-electron chi connectivity index (χ3n) is 3.43. The van der Waals surface area contributed by atoms with Crippen molar-refractivity contribution in [2.24, 2.45) is 5.41 Å². The summed E-state index contributed by atoms with van der Waals surface area (Å²) < 4.78 is 0. The molecule has 4 N–H and O–H groups in total. The quantitative estimate of drug-likeness (QED) is 0.697. The van der Waals surface area contributed by atoms with Crippen LogP contribution in [0.3, 0.4) is 0 Å². The summed E-state index contributed by atoms with van der Waals surface area (Å²) in [6, 6.07) is 5.01. The standard InChI is InChI=1S/C13H16N2O3/c1-8-6-9(2-3-10(8)14)11(16)15-7-13(4-5-13)12(17)18/h2-3,6H,4-5,7,14H2,1H3,(H,15,16)(H,17,18). The number of rotatable bonds is 4. The van der Waals surface area contributed by atoms with Gasteiger partial charge in [0, 0.05) is 17.8 Å². The van der Waals surface area contributed by atoms with Crippen molar-refractivity contribution in [2.75, 3.05) is 12.3 Å². The molecule has 5 nitrogen and oxygen atoms in total. The number of benzene rings is 1. The second-order valence-electron chi connectivity index (χ2n) is 4.84. The maximum atomic E-state index is 11.9. The second kappa shape index (κ2) is 4.33. The van der Waals surface area contributed by atoms with Crippen LogP contribution in [0.25, 0.3) is 0 Å². The number of carbonyl (C=O) groups is 2. The Morgan fingerprint density at radius 2 is 2.11 bits per heavy atom. The first-order valence-corrected chi connectivity index (χ1v) is 5.82. The molecule has 0 aromatic heterocycles. The van der Waals surface area contributed by atoms with E-state index >= 15 is 0 Å². The van der Waals surface area contributed by atoms with Crippen LogP contribution >= 0.6 is 0 Å². The van der Waals surface area contributed by atoms with Crippen LogP contribution in [0.2, 0.25) is 0 Å². The number of hydrogen-bond acceptors (Lipinski definition) is 3. The van der Waals surface area contributed by atoms with Gasteiger partial charge in [-0.05, 0) is 43.5 Å². The van der Waals surface area contributed by atoms with Crippen molar-refractivity contribution in [1.82, 2.24) is 5.32 Å². The monoisotopic (exact) mass is 248 g/mol. The summed E-state index contributed by atoms with van der Waals surface area (Å²) in [6.07, 6.45) is 1.26. The van der Waals surface area contributed by atoms with Gasteiger partial charge in [0.15, 0.2) is 0 Å². The van der Waals surface area contributed by atoms with E-state index in [1.165, 1.54) is 0 Å². The third-order valence-corrected chi connectivity index (χ3v) is 3.43. The highest BCUT2D eigenvalue weighted by Crippen LogP contribution is 2.45. The smallest absolute Gasteiger partial charge is 0.311 e. The first-order valence-electron chi connectivity index (χ1n) is 5.82. The number of nitrogens with one attached hydrogen (secondary N) is 1. The molecule has 1 aliphatic rings. The molecule has 0 atom stereocenters. The Bertz CT molecular complexity index is 507. The van der Waals surface area contributed by atoms with Crippen molar-refractivity contribution in [2.45, 2.75) is 19.8 Å². The maximum Gasteiger partial charge on any atom is 0.311 e. The Hall–Kier alpha value is -2.04. The first-order chi connectivity index (χ1) is 8.44. The van der Waals surface area contributed by atoms with Crippen LogP contribution in [0.5, 0.6) is 0 Å². The predicted octanol–water partition coefficient (Wildman–Crippen LogP) is 1.17. The molecular weight excluding hydrogens is 232 g/mol. The van der Waals surface area contributed by atoms with E-state index in [4.69, 9.17) is 10.8 Å². The Balaban J connectivity index is 2.00. The van der Waals surface area contributed by atoms with Crippen LogP contribution in [0.1, 0.15) is 28.8 Å². The van der Waals surface area contributed by atoms with E-state index in [2.05, 4.69) is 5.32 Å². The highest BCUT2D eigenvalue weighted by molar-refractivity contribution is 5.95. The number of anilines is 1. The normalized spacial score (nSPS) is 16.1. The van der Waals surface area contributed by atoms with E-state index < -0.39 is 11.4 Å². The largest absolute Gasteiger partial charge is 0.481 e. The molecule has 1 aliphatic carbocycles. The Kier molecular flexibility index (Phi) is 2.98. The minimum absolute atomic E-state index is 0.185. The lowest BCUT2D eigenvalue weighted by Crippen LogP contribution is -2.34. The van der Waals surface area contributed by atoms with Gasteiger partial charge in [-0.2, -0.15) is 0 Å². The van der Waals surface area contributed by atoms with Gasteiger partial charge >= 0.3 is 5.97 Å². The number of nitrogen functional groups attached to an aromatic ring is 1. The average Bonchev–Trinajstić information content (AvgIpc) is 3.11. The summed E-state index contributed by atoms with van der Waals surface area (Å²) in [5, 5.41) is 11.7. The number of carboxylic acids is 1. The zero-order valence-corrected chi connectivity index (χ0v) is 10.2. The molecule has 0 unspecified atom stereocenters. The topological polar surface area (TPSA) is 92.4 Å². The summed E-state index contributed by atoms with van der Waals surface area (Å²) in [5.41, 5.74) is 6.91. The van der Waals surface area contributed by atoms with E-state index in [0.717, 1.165) is 5.56 Å². The molecule has 0 radical (unpaired) electrons. The van der Waals surface area contributed by atoms with Crippen LogP contribution in [0.4, 0.5) is 5.69 Å². The lowest BCUT2D eigenvalue weighted by atomic mass is 10.1. The van der Waals surface area contributed by atoms with Crippen LogP contribution in [-0.2, 0) is 4.79 Å². The molecule has 96 valence electrons. The van der Waals surface area contributed by atoms with Gasteiger partial charge in [0.2, 0.25) is 0 Å². The van der Waals surface area contributed by atoms with Crippen molar-refractivity contribution in [3.8, 4) is 0 Å². The van der Waals surface area contributed by atoms with Crippen molar-refractivity contribution < 1.29 is 14.7 Å². The van der Waals surface area contributed by atoms with Crippen LogP contribution in [0.15, 0.2) is 18.2 Å². The Labute approximate surface area is 105 Å². The molecule has 0 bridgehead atoms. The third kappa shape index (κ3) is 2.30. The van der Waals surface area contributed by atoms with E-state index in [1.807, 2.05) is 6.92 Å². The predicted molar refractivity (Wildman–Crippen MR) is 67.2 cm³/mol. The number of aryl methyl sites for hydroxylation is 1. The van der Waals surface area contributed by atoms with E-state index in [-0.39, 0.29) is 12.5 Å². The summed E-state index contributed by atoms with van der Waals surface area (Å²) in [6.45, 7) is 2.01. The number of amides is 1. The van der Waals surface area contributed by atoms with E-state index in [9.17, 15) is 9.59 Å². The van der Waals surface area contributed by atoms with Gasteiger partial charge in [0.25, 0.3) is 5.91 Å². The maximum absolute atomic E-state index is 11.9. The zero-order valence-electron chi connectivity index (χ0n) is 10.2. The van der Waals surface area contributed by atoms with Gasteiger partial charge in [-0.1, -0.05) is 0 Å². The average molecular weight is 248 g/mol. The van der Waals surface area contributed by atoms with Crippen LogP contribution in [-0.4, -0.2) is 23.5 Å². The Morgan fingerprint density at radius 1 is 1.44 bits per heavy atom.